The van der Waals surface area contributed by atoms with E-state index in [4.69, 9.17) is 31.8 Å². The Labute approximate surface area is 331 Å². The van der Waals surface area contributed by atoms with E-state index >= 15 is 0 Å². The fraction of sp³-hybridized carbons (Fsp3) is 0.587. The van der Waals surface area contributed by atoms with E-state index in [2.05, 4.69) is 75.4 Å². The van der Waals surface area contributed by atoms with Crippen molar-refractivity contribution in [2.45, 2.75) is 156 Å². The van der Waals surface area contributed by atoms with Gasteiger partial charge in [0.1, 0.15) is 5.82 Å². The van der Waals surface area contributed by atoms with Gasteiger partial charge in [0.25, 0.3) is 0 Å². The number of hydrogen-bond donors (Lipinski definition) is 2. The van der Waals surface area contributed by atoms with Crippen molar-refractivity contribution in [3.63, 3.8) is 0 Å². The molecule has 1 heterocycles. The van der Waals surface area contributed by atoms with Crippen LogP contribution in [0.1, 0.15) is 153 Å². The number of nitrogens with zero attached hydrogens (tertiary/aromatic N) is 4. The lowest BCUT2D eigenvalue weighted by molar-refractivity contribution is -0.153. The number of methoxy groups -OCH3 is 1. The van der Waals surface area contributed by atoms with Crippen LogP contribution in [0.2, 0.25) is 0 Å². The normalized spacial score (nSPS) is 17.5. The minimum Gasteiger partial charge on any atom is -0.469 e. The third-order valence-corrected chi connectivity index (χ3v) is 11.5. The van der Waals surface area contributed by atoms with Crippen LogP contribution in [0.5, 0.6) is 0 Å². The minimum absolute atomic E-state index is 0.0304. The van der Waals surface area contributed by atoms with Gasteiger partial charge in [-0.1, -0.05) is 119 Å². The highest BCUT2D eigenvalue weighted by Gasteiger charge is 2.36. The number of carbonyl (C=O) groups is 2. The summed E-state index contributed by atoms with van der Waals surface area (Å²) in [5, 5.41) is 20.5. The monoisotopic (exact) mass is 753 g/mol. The van der Waals surface area contributed by atoms with Crippen molar-refractivity contribution in [3.05, 3.63) is 77.0 Å². The molecule has 6 rings (SSSR count). The molecule has 3 aromatic rings. The van der Waals surface area contributed by atoms with E-state index in [9.17, 15) is 9.59 Å². The summed E-state index contributed by atoms with van der Waals surface area (Å²) in [7, 11) is 1.47. The maximum atomic E-state index is 11.5. The number of carbonyl (C=O) groups excluding carboxylic acids is 2. The van der Waals surface area contributed by atoms with Crippen LogP contribution in [-0.2, 0) is 26.3 Å². The Morgan fingerprint density at radius 1 is 0.764 bits per heavy atom. The Morgan fingerprint density at radius 2 is 1.20 bits per heavy atom. The number of nitrogen functional groups attached to an aromatic ring is 1. The molecular weight excluding hydrogens is 685 g/mol. The van der Waals surface area contributed by atoms with E-state index < -0.39 is 0 Å². The Balaban J connectivity index is 0.000000260. The summed E-state index contributed by atoms with van der Waals surface area (Å²) in [5.74, 6) is 0.845. The van der Waals surface area contributed by atoms with Crippen LogP contribution in [0.25, 0.3) is 5.69 Å². The number of ketones is 1. The zero-order valence-electron chi connectivity index (χ0n) is 34.9. The van der Waals surface area contributed by atoms with Gasteiger partial charge in [-0.25, -0.2) is 4.68 Å². The Bertz CT molecular complexity index is 1660. The molecule has 0 atom stereocenters. The summed E-state index contributed by atoms with van der Waals surface area (Å²) in [6.45, 7) is 12.6. The van der Waals surface area contributed by atoms with Crippen molar-refractivity contribution in [3.8, 4) is 17.8 Å². The van der Waals surface area contributed by atoms with Gasteiger partial charge in [-0.15, -0.1) is 0 Å². The fourth-order valence-electron chi connectivity index (χ4n) is 7.57. The van der Waals surface area contributed by atoms with Gasteiger partial charge in [-0.3, -0.25) is 9.59 Å². The highest BCUT2D eigenvalue weighted by Crippen LogP contribution is 2.40. The standard InChI is InChI=1S/C17H23N3.C10H15NO.C9H16O2.C8H11N.C2H3N/c1-13-6-8-14(9-7-13)20-16(18)12-15(19-20)17(2)10-4-3-5-11-17;1-10(9(12)5-8-11)6-3-2-4-7-10;1-9(8(10)11-2)6-4-3-5-7-9;1-7-2-4-8(6-9)5-3-7;1-2-3/h6-9,12H,3-5,10-11,18H2,1-2H3;2-7H2,1H3;3-7H2,1-2H3;2-5H,6,9H2,1H3;1H3. The smallest absolute Gasteiger partial charge is 0.311 e. The summed E-state index contributed by atoms with van der Waals surface area (Å²) in [6, 6.07) is 22.3. The van der Waals surface area contributed by atoms with Crippen molar-refractivity contribution in [2.75, 3.05) is 12.8 Å². The second-order valence-electron chi connectivity index (χ2n) is 16.2. The van der Waals surface area contributed by atoms with Gasteiger partial charge >= 0.3 is 5.97 Å². The number of ether oxygens (including phenoxy) is 1. The third-order valence-electron chi connectivity index (χ3n) is 11.5. The number of rotatable bonds is 6. The molecule has 3 aliphatic rings. The molecule has 2 aromatic carbocycles. The van der Waals surface area contributed by atoms with Crippen LogP contribution in [0.4, 0.5) is 5.82 Å². The van der Waals surface area contributed by atoms with Crippen molar-refractivity contribution in [1.29, 1.82) is 10.5 Å². The lowest BCUT2D eigenvalue weighted by atomic mass is 9.72. The molecule has 0 spiro atoms. The fourth-order valence-corrected chi connectivity index (χ4v) is 7.57. The Morgan fingerprint density at radius 3 is 1.64 bits per heavy atom. The topological polar surface area (TPSA) is 161 Å². The lowest BCUT2D eigenvalue weighted by Crippen LogP contribution is -2.31. The van der Waals surface area contributed by atoms with E-state index in [1.807, 2.05) is 24.6 Å². The number of benzene rings is 2. The van der Waals surface area contributed by atoms with Crippen LogP contribution >= 0.6 is 0 Å². The van der Waals surface area contributed by atoms with Gasteiger partial charge in [-0.2, -0.15) is 15.6 Å². The van der Waals surface area contributed by atoms with Gasteiger partial charge in [0.15, 0.2) is 5.78 Å². The summed E-state index contributed by atoms with van der Waals surface area (Å²) in [6.07, 6.45) is 17.6. The highest BCUT2D eigenvalue weighted by molar-refractivity contribution is 5.86. The summed E-state index contributed by atoms with van der Waals surface area (Å²) in [4.78, 5) is 22.8. The maximum Gasteiger partial charge on any atom is 0.311 e. The molecule has 0 amide bonds. The number of aryl methyl sites for hydroxylation is 2. The lowest BCUT2D eigenvalue weighted by Gasteiger charge is -2.31. The predicted octanol–water partition coefficient (Wildman–Crippen LogP) is 10.5. The Hall–Kier alpha value is -4.47. The zero-order valence-corrected chi connectivity index (χ0v) is 34.9. The second kappa shape index (κ2) is 23.4. The number of anilines is 1. The number of esters is 1. The quantitative estimate of drug-likeness (QED) is 0.235. The van der Waals surface area contributed by atoms with Crippen LogP contribution in [0, 0.1) is 47.3 Å². The average Bonchev–Trinajstić information content (AvgIpc) is 3.59. The first-order valence-corrected chi connectivity index (χ1v) is 20.2. The van der Waals surface area contributed by atoms with E-state index in [1.54, 1.807) is 6.07 Å². The van der Waals surface area contributed by atoms with E-state index in [0.717, 1.165) is 55.7 Å². The molecule has 4 N–H and O–H groups in total. The number of nitriles is 2. The minimum atomic E-state index is -0.174. The second-order valence-corrected chi connectivity index (χ2v) is 16.2. The van der Waals surface area contributed by atoms with Crippen LogP contribution < -0.4 is 11.5 Å². The molecule has 1 aromatic heterocycles. The van der Waals surface area contributed by atoms with Gasteiger partial charge in [-0.05, 0) is 77.0 Å². The maximum absolute atomic E-state index is 11.5. The molecule has 9 heteroatoms. The van der Waals surface area contributed by atoms with Crippen molar-refractivity contribution >= 4 is 17.6 Å². The molecule has 3 aliphatic carbocycles. The molecule has 55 heavy (non-hydrogen) atoms. The van der Waals surface area contributed by atoms with Gasteiger partial charge in [0.2, 0.25) is 0 Å². The van der Waals surface area contributed by atoms with Gasteiger partial charge in [0, 0.05) is 30.4 Å². The van der Waals surface area contributed by atoms with Crippen LogP contribution in [0.15, 0.2) is 54.6 Å². The average molecular weight is 753 g/mol. The summed E-state index contributed by atoms with van der Waals surface area (Å²) >= 11 is 0. The summed E-state index contributed by atoms with van der Waals surface area (Å²) in [5.41, 5.74) is 17.3. The molecule has 0 unspecified atom stereocenters. The van der Waals surface area contributed by atoms with Crippen molar-refractivity contribution in [2.24, 2.45) is 16.6 Å². The SMILES string of the molecule is CC#N.CC1(C(=O)CC#N)CCCCC1.COC(=O)C1(C)CCCCC1.Cc1ccc(-n2nc(C3(C)CCCCC3)cc2N)cc1.Cc1ccc(CN)cc1. The molecule has 9 nitrogen and oxygen atoms in total. The largest absolute Gasteiger partial charge is 0.469 e. The molecule has 0 radical (unpaired) electrons. The van der Waals surface area contributed by atoms with Gasteiger partial charge < -0.3 is 16.2 Å². The third kappa shape index (κ3) is 14.9. The summed E-state index contributed by atoms with van der Waals surface area (Å²) < 4.78 is 6.62. The molecule has 0 bridgehead atoms. The predicted molar refractivity (Wildman–Crippen MR) is 223 cm³/mol. The van der Waals surface area contributed by atoms with Crippen LogP contribution in [-0.4, -0.2) is 28.6 Å². The molecule has 3 fully saturated rings. The number of aromatic nitrogens is 2. The van der Waals surface area contributed by atoms with E-state index in [-0.39, 0.29) is 34.4 Å². The molecular formula is C46H68N6O3. The van der Waals surface area contributed by atoms with Crippen molar-refractivity contribution < 1.29 is 14.3 Å². The van der Waals surface area contributed by atoms with E-state index in [0.29, 0.717) is 6.54 Å². The van der Waals surface area contributed by atoms with Gasteiger partial charge in [0.05, 0.1) is 42.5 Å². The number of nitrogens with two attached hydrogens (primary N) is 2. The first-order valence-electron chi connectivity index (χ1n) is 20.2. The van der Waals surface area contributed by atoms with E-state index in [1.165, 1.54) is 88.5 Å². The van der Waals surface area contributed by atoms with Crippen molar-refractivity contribution in [1.82, 2.24) is 9.78 Å². The number of Topliss-reactive ketones (excluding diaryl/α,β-unsaturated/α-hetero) is 1. The highest BCUT2D eigenvalue weighted by atomic mass is 16.5. The molecule has 3 saturated carbocycles. The molecule has 0 aliphatic heterocycles. The zero-order chi connectivity index (χ0) is 40.9. The first-order chi connectivity index (χ1) is 26.2. The first kappa shape index (κ1) is 46.7. The Kier molecular flexibility index (Phi) is 19.9. The molecule has 300 valence electrons. The van der Waals surface area contributed by atoms with Crippen LogP contribution in [0.3, 0.4) is 0 Å². The number of hydrogen-bond acceptors (Lipinski definition) is 8. The molecule has 0 saturated heterocycles.